The molecule has 0 atom stereocenters. The molecule has 1 aromatic heterocycles. The maximum absolute atomic E-state index is 13.3. The Morgan fingerprint density at radius 1 is 0.909 bits per heavy atom. The monoisotopic (exact) mass is 462 g/mol. The summed E-state index contributed by atoms with van der Waals surface area (Å²) in [6.07, 6.45) is 0. The number of carbonyl (C=O) groups is 2. The summed E-state index contributed by atoms with van der Waals surface area (Å²) in [5, 5.41) is 5.05. The zero-order valence-electron chi connectivity index (χ0n) is 18.9. The molecule has 0 spiro atoms. The molecule has 0 radical (unpaired) electrons. The maximum atomic E-state index is 13.3. The van der Waals surface area contributed by atoms with Gasteiger partial charge in [-0.25, -0.2) is 0 Å². The van der Waals surface area contributed by atoms with Crippen molar-refractivity contribution in [2.45, 2.75) is 20.8 Å². The number of hydrogen-bond acceptors (Lipinski definition) is 6. The number of hydrogen-bond donors (Lipinski definition) is 1. The number of thiophene rings is 1. The average molecular weight is 463 g/mol. The lowest BCUT2D eigenvalue weighted by Crippen LogP contribution is -2.36. The first kappa shape index (κ1) is 22.6. The van der Waals surface area contributed by atoms with Crippen LogP contribution in [0.4, 0.5) is 5.69 Å². The summed E-state index contributed by atoms with van der Waals surface area (Å²) in [6, 6.07) is 17.0. The predicted octanol–water partition coefficient (Wildman–Crippen LogP) is 5.03. The Labute approximate surface area is 197 Å². The summed E-state index contributed by atoms with van der Waals surface area (Å²) in [5.41, 5.74) is 3.56. The number of aryl methyl sites for hydroxylation is 2. The van der Waals surface area contributed by atoms with Gasteiger partial charge in [-0.05, 0) is 79.7 Å². The highest BCUT2D eigenvalue weighted by molar-refractivity contribution is 7.11. The van der Waals surface area contributed by atoms with Crippen LogP contribution in [-0.2, 0) is 9.59 Å². The van der Waals surface area contributed by atoms with Gasteiger partial charge < -0.3 is 14.8 Å². The van der Waals surface area contributed by atoms with Gasteiger partial charge in [0.2, 0.25) is 0 Å². The van der Waals surface area contributed by atoms with Crippen LogP contribution in [0, 0.1) is 13.8 Å². The van der Waals surface area contributed by atoms with Crippen molar-refractivity contribution < 1.29 is 19.1 Å². The third kappa shape index (κ3) is 5.09. The zero-order chi connectivity index (χ0) is 23.4. The van der Waals surface area contributed by atoms with Gasteiger partial charge in [0.25, 0.3) is 11.8 Å². The van der Waals surface area contributed by atoms with E-state index in [1.54, 1.807) is 0 Å². The minimum Gasteiger partial charge on any atom is -0.494 e. The molecule has 0 bridgehead atoms. The van der Waals surface area contributed by atoms with Crippen molar-refractivity contribution in [1.82, 2.24) is 4.90 Å². The second kappa shape index (κ2) is 9.92. The van der Waals surface area contributed by atoms with Gasteiger partial charge in [0.15, 0.2) is 0 Å². The van der Waals surface area contributed by atoms with Gasteiger partial charge in [-0.1, -0.05) is 12.1 Å². The molecule has 2 aromatic carbocycles. The van der Waals surface area contributed by atoms with Gasteiger partial charge in [0.05, 0.1) is 18.7 Å². The van der Waals surface area contributed by atoms with Crippen molar-refractivity contribution in [3.63, 3.8) is 0 Å². The number of nitrogens with zero attached hydrogens (tertiary/aromatic N) is 1. The largest absolute Gasteiger partial charge is 0.494 e. The lowest BCUT2D eigenvalue weighted by Gasteiger charge is -2.16. The molecule has 1 aliphatic rings. The highest BCUT2D eigenvalue weighted by Gasteiger charge is 2.39. The lowest BCUT2D eigenvalue weighted by atomic mass is 10.1. The molecule has 0 aliphatic carbocycles. The van der Waals surface area contributed by atoms with Crippen molar-refractivity contribution >= 4 is 34.4 Å². The third-order valence-corrected chi connectivity index (χ3v) is 6.04. The molecular formula is C26H26N2O4S. The number of benzene rings is 2. The normalized spacial score (nSPS) is 13.6. The number of ether oxygens (including phenoxy) is 2. The van der Waals surface area contributed by atoms with Gasteiger partial charge in [0, 0.05) is 10.6 Å². The molecule has 7 heteroatoms. The van der Waals surface area contributed by atoms with E-state index >= 15 is 0 Å². The summed E-state index contributed by atoms with van der Waals surface area (Å²) in [7, 11) is 0. The van der Waals surface area contributed by atoms with E-state index in [4.69, 9.17) is 9.47 Å². The first-order valence-electron chi connectivity index (χ1n) is 10.8. The van der Waals surface area contributed by atoms with E-state index in [2.05, 4.69) is 11.4 Å². The fourth-order valence-electron chi connectivity index (χ4n) is 3.76. The van der Waals surface area contributed by atoms with E-state index in [0.29, 0.717) is 17.9 Å². The number of amides is 2. The number of nitrogens with one attached hydrogen (secondary N) is 1. The van der Waals surface area contributed by atoms with E-state index in [1.165, 1.54) is 16.2 Å². The molecular weight excluding hydrogens is 436 g/mol. The van der Waals surface area contributed by atoms with E-state index in [0.717, 1.165) is 27.5 Å². The van der Waals surface area contributed by atoms with Crippen molar-refractivity contribution in [1.29, 1.82) is 0 Å². The van der Waals surface area contributed by atoms with Crippen LogP contribution < -0.4 is 14.8 Å². The molecule has 0 unspecified atom stereocenters. The van der Waals surface area contributed by atoms with E-state index in [9.17, 15) is 9.59 Å². The van der Waals surface area contributed by atoms with Crippen LogP contribution in [-0.4, -0.2) is 36.5 Å². The van der Waals surface area contributed by atoms with E-state index in [-0.39, 0.29) is 30.7 Å². The highest BCUT2D eigenvalue weighted by atomic mass is 32.1. The Hall–Kier alpha value is -3.58. The van der Waals surface area contributed by atoms with Crippen molar-refractivity contribution in [2.24, 2.45) is 0 Å². The van der Waals surface area contributed by atoms with Crippen molar-refractivity contribution in [3.8, 4) is 11.5 Å². The molecule has 0 saturated carbocycles. The Morgan fingerprint density at radius 3 is 2.27 bits per heavy atom. The van der Waals surface area contributed by atoms with Crippen LogP contribution in [0.5, 0.6) is 11.5 Å². The third-order valence-electron chi connectivity index (χ3n) is 5.15. The van der Waals surface area contributed by atoms with Crippen LogP contribution in [0.15, 0.2) is 65.7 Å². The quantitative estimate of drug-likeness (QED) is 0.452. The molecule has 2 amide bonds. The summed E-state index contributed by atoms with van der Waals surface area (Å²) < 4.78 is 11.3. The van der Waals surface area contributed by atoms with Crippen LogP contribution in [0.1, 0.15) is 22.9 Å². The molecule has 4 rings (SSSR count). The Morgan fingerprint density at radius 2 is 1.64 bits per heavy atom. The SMILES string of the molecule is CCOc1ccc(NC2=C(c3cccs3)C(=O)N(CCOc3cc(C)cc(C)c3)C2=O)cc1. The van der Waals surface area contributed by atoms with Crippen LogP contribution in [0.2, 0.25) is 0 Å². The first-order chi connectivity index (χ1) is 16.0. The van der Waals surface area contributed by atoms with Crippen LogP contribution >= 0.6 is 11.3 Å². The van der Waals surface area contributed by atoms with Crippen LogP contribution in [0.25, 0.3) is 5.57 Å². The molecule has 33 heavy (non-hydrogen) atoms. The van der Waals surface area contributed by atoms with Gasteiger partial charge in [-0.3, -0.25) is 14.5 Å². The summed E-state index contributed by atoms with van der Waals surface area (Å²) >= 11 is 1.43. The topological polar surface area (TPSA) is 67.9 Å². The lowest BCUT2D eigenvalue weighted by molar-refractivity contribution is -0.137. The Balaban J connectivity index is 1.52. The van der Waals surface area contributed by atoms with Crippen LogP contribution in [0.3, 0.4) is 0 Å². The fraction of sp³-hybridized carbons (Fsp3) is 0.231. The summed E-state index contributed by atoms with van der Waals surface area (Å²) in [6.45, 7) is 6.88. The highest BCUT2D eigenvalue weighted by Crippen LogP contribution is 2.33. The van der Waals surface area contributed by atoms with Gasteiger partial charge in [-0.15, -0.1) is 11.3 Å². The smallest absolute Gasteiger partial charge is 0.278 e. The Bertz CT molecular complexity index is 1160. The second-order valence-electron chi connectivity index (χ2n) is 7.74. The van der Waals surface area contributed by atoms with Gasteiger partial charge >= 0.3 is 0 Å². The number of anilines is 1. The van der Waals surface area contributed by atoms with Gasteiger partial charge in [-0.2, -0.15) is 0 Å². The number of rotatable bonds is 9. The second-order valence-corrected chi connectivity index (χ2v) is 8.69. The average Bonchev–Trinajstić information content (AvgIpc) is 3.37. The standard InChI is InChI=1S/C26H26N2O4S/c1-4-31-20-9-7-19(8-10-20)27-24-23(22-6-5-13-33-22)25(29)28(26(24)30)11-12-32-21-15-17(2)14-18(3)16-21/h5-10,13-16,27H,4,11-12H2,1-3H3. The first-order valence-corrected chi connectivity index (χ1v) is 11.7. The zero-order valence-corrected chi connectivity index (χ0v) is 19.7. The van der Waals surface area contributed by atoms with Gasteiger partial charge in [0.1, 0.15) is 23.8 Å². The maximum Gasteiger partial charge on any atom is 0.278 e. The molecule has 0 saturated heterocycles. The predicted molar refractivity (Wildman–Crippen MR) is 131 cm³/mol. The molecule has 1 aliphatic heterocycles. The summed E-state index contributed by atoms with van der Waals surface area (Å²) in [5.74, 6) is 0.793. The molecule has 1 N–H and O–H groups in total. The van der Waals surface area contributed by atoms with E-state index < -0.39 is 0 Å². The molecule has 2 heterocycles. The molecule has 170 valence electrons. The molecule has 0 fully saturated rings. The summed E-state index contributed by atoms with van der Waals surface area (Å²) in [4.78, 5) is 28.5. The molecule has 3 aromatic rings. The molecule has 6 nitrogen and oxygen atoms in total. The number of imide groups is 1. The minimum atomic E-state index is -0.360. The van der Waals surface area contributed by atoms with Crippen molar-refractivity contribution in [2.75, 3.05) is 25.1 Å². The fourth-order valence-corrected chi connectivity index (χ4v) is 4.53. The Kier molecular flexibility index (Phi) is 6.79. The van der Waals surface area contributed by atoms with Crippen molar-refractivity contribution in [3.05, 3.63) is 81.7 Å². The number of carbonyl (C=O) groups excluding carboxylic acids is 2. The minimum absolute atomic E-state index is 0.161. The van der Waals surface area contributed by atoms with E-state index in [1.807, 2.05) is 74.7 Å².